The summed E-state index contributed by atoms with van der Waals surface area (Å²) in [5.74, 6) is 0. The van der Waals surface area contributed by atoms with E-state index in [1.54, 1.807) is 0 Å². The molecular weight excluding hydrogens is 422 g/mol. The second kappa shape index (κ2) is 1.21. The van der Waals surface area contributed by atoms with Gasteiger partial charge in [0.1, 0.15) is 0 Å². The Morgan fingerprint density at radius 3 is 0.750 bits per heavy atom. The van der Waals surface area contributed by atoms with Gasteiger partial charge in [-0.3, -0.25) is 0 Å². The Hall–Kier alpha value is 2.39. The van der Waals surface area contributed by atoms with Crippen molar-refractivity contribution in [2.24, 2.45) is 4.29 Å². The van der Waals surface area contributed by atoms with Gasteiger partial charge in [-0.15, -0.1) is 0 Å². The molecule has 0 saturated heterocycles. The molecule has 0 bridgehead atoms. The summed E-state index contributed by atoms with van der Waals surface area (Å²) < 4.78 is 4.85. The number of halogens is 6. The molecule has 0 aromatic rings. The molecular formula is H2Cl6NPt. The Morgan fingerprint density at radius 2 is 0.750 bits per heavy atom. The van der Waals surface area contributed by atoms with Crippen LogP contribution in [0.5, 0.6) is 0 Å². The van der Waals surface area contributed by atoms with Crippen LogP contribution in [-0.4, -0.2) is 0 Å². The summed E-state index contributed by atoms with van der Waals surface area (Å²) in [5, 5.41) is 0. The number of hydrogen-bond acceptors (Lipinski definition) is 1. The number of rotatable bonds is 0. The Labute approximate surface area is 66.3 Å². The Bertz CT molecular complexity index is 101. The van der Waals surface area contributed by atoms with Crippen LogP contribution in [0.3, 0.4) is 0 Å². The predicted molar refractivity (Wildman–Crippen MR) is 39.3 cm³/mol. The Kier molecular flexibility index (Phi) is 1.57. The van der Waals surface area contributed by atoms with Gasteiger partial charge in [0.2, 0.25) is 0 Å². The first kappa shape index (κ1) is 10.4. The molecule has 0 amide bonds. The van der Waals surface area contributed by atoms with Crippen molar-refractivity contribution in [3.63, 3.8) is 0 Å². The van der Waals surface area contributed by atoms with Crippen molar-refractivity contribution in [1.29, 1.82) is 0 Å². The van der Waals surface area contributed by atoms with E-state index in [1.165, 1.54) is 0 Å². The zero-order valence-electron chi connectivity index (χ0n) is 3.16. The maximum atomic E-state index is 5.08. The minimum atomic E-state index is -6.34. The van der Waals surface area contributed by atoms with Gasteiger partial charge in [-0.1, -0.05) is 0 Å². The van der Waals surface area contributed by atoms with E-state index in [4.69, 9.17) is 60.8 Å². The third-order valence-corrected chi connectivity index (χ3v) is 0. The molecule has 1 nitrogen and oxygen atoms in total. The average Bonchev–Trinajstić information content (AvgIpc) is 0.544. The fourth-order valence-corrected chi connectivity index (χ4v) is 0. The van der Waals surface area contributed by atoms with Crippen LogP contribution in [-0.2, 0) is 6.31 Å². The van der Waals surface area contributed by atoms with E-state index in [0.717, 1.165) is 0 Å². The van der Waals surface area contributed by atoms with Gasteiger partial charge in [0.05, 0.1) is 0 Å². The molecule has 0 saturated carbocycles. The SMILES string of the molecule is [NH2][Pt]([Cl])([Cl])([Cl])([Cl])([Cl])[Cl]. The molecule has 0 aliphatic rings. The van der Waals surface area contributed by atoms with Crippen molar-refractivity contribution < 1.29 is 6.31 Å². The van der Waals surface area contributed by atoms with Crippen molar-refractivity contribution in [3.8, 4) is 0 Å². The van der Waals surface area contributed by atoms with Crippen LogP contribution in [0.25, 0.3) is 0 Å². The van der Waals surface area contributed by atoms with Crippen molar-refractivity contribution in [2.45, 2.75) is 0 Å². The normalized spacial score (nSPS) is 27.1. The van der Waals surface area contributed by atoms with Crippen LogP contribution in [0.4, 0.5) is 0 Å². The molecule has 0 aromatic carbocycles. The maximum absolute atomic E-state index is 6.34. The van der Waals surface area contributed by atoms with E-state index >= 15 is 0 Å². The van der Waals surface area contributed by atoms with Crippen LogP contribution < -0.4 is 4.29 Å². The molecule has 0 heterocycles. The van der Waals surface area contributed by atoms with Gasteiger partial charge in [0.25, 0.3) is 0 Å². The van der Waals surface area contributed by atoms with Crippen molar-refractivity contribution >= 4 is 56.5 Å². The molecule has 59 valence electrons. The van der Waals surface area contributed by atoms with Crippen LogP contribution in [0.1, 0.15) is 0 Å². The molecule has 0 aliphatic carbocycles. The summed E-state index contributed by atoms with van der Waals surface area (Å²) in [7, 11) is 30.5. The topological polar surface area (TPSA) is 26.0 Å². The summed E-state index contributed by atoms with van der Waals surface area (Å²) >= 11 is 0. The first-order chi connectivity index (χ1) is 2.65. The van der Waals surface area contributed by atoms with Crippen molar-refractivity contribution in [2.75, 3.05) is 0 Å². The Balaban J connectivity index is 5.14. The third-order valence-electron chi connectivity index (χ3n) is 0. The van der Waals surface area contributed by atoms with E-state index in [1.807, 2.05) is 0 Å². The molecule has 0 spiro atoms. The van der Waals surface area contributed by atoms with E-state index < -0.39 is 6.31 Å². The van der Waals surface area contributed by atoms with Crippen LogP contribution in [0, 0.1) is 0 Å². The van der Waals surface area contributed by atoms with Gasteiger partial charge in [-0.05, 0) is 0 Å². The molecule has 8 heteroatoms. The zero-order valence-corrected chi connectivity index (χ0v) is 9.97. The average molecular weight is 424 g/mol. The molecule has 0 aliphatic heterocycles. The van der Waals surface area contributed by atoms with Gasteiger partial charge >= 0.3 is 67.1 Å². The fourth-order valence-electron chi connectivity index (χ4n) is 0. The first-order valence-corrected chi connectivity index (χ1v) is 19.1. The molecule has 0 rings (SSSR count). The summed E-state index contributed by atoms with van der Waals surface area (Å²) in [6, 6.07) is 0. The fraction of sp³-hybridized carbons (Fsp3) is 0. The first-order valence-electron chi connectivity index (χ1n) is 0.900. The standard InChI is InChI=1S/6ClH.H2N.Pt/h6*1H;1H2;/q;;;;;;-1;+7/p-6. The van der Waals surface area contributed by atoms with E-state index in [9.17, 15) is 0 Å². The molecule has 2 N–H and O–H groups in total. The summed E-state index contributed by atoms with van der Waals surface area (Å²) in [4.78, 5) is 0. The molecule has 0 aromatic heterocycles. The van der Waals surface area contributed by atoms with Gasteiger partial charge in [-0.25, -0.2) is 0 Å². The molecule has 0 unspecified atom stereocenters. The summed E-state index contributed by atoms with van der Waals surface area (Å²) in [5.41, 5.74) is 0. The van der Waals surface area contributed by atoms with Gasteiger partial charge in [0, 0.05) is 0 Å². The monoisotopic (exact) mass is 421 g/mol. The predicted octanol–water partition coefficient (Wildman–Crippen LogP) is 3.54. The molecule has 8 heavy (non-hydrogen) atoms. The van der Waals surface area contributed by atoms with Gasteiger partial charge < -0.3 is 0 Å². The minimum absolute atomic E-state index is 4.85. The third kappa shape index (κ3) is 80.3. The van der Waals surface area contributed by atoms with Crippen molar-refractivity contribution in [1.82, 2.24) is 0 Å². The Morgan fingerprint density at radius 1 is 0.750 bits per heavy atom. The van der Waals surface area contributed by atoms with E-state index in [0.29, 0.717) is 0 Å². The summed E-state index contributed by atoms with van der Waals surface area (Å²) in [6.07, 6.45) is -6.34. The van der Waals surface area contributed by atoms with E-state index in [2.05, 4.69) is 0 Å². The van der Waals surface area contributed by atoms with Gasteiger partial charge in [-0.2, -0.15) is 0 Å². The van der Waals surface area contributed by atoms with Crippen LogP contribution >= 0.6 is 56.5 Å². The number of nitrogens with two attached hydrogens (primary N) is 1. The molecule has 0 radical (unpaired) electrons. The summed E-state index contributed by atoms with van der Waals surface area (Å²) in [6.45, 7) is 0. The van der Waals surface area contributed by atoms with Crippen LogP contribution in [0.15, 0.2) is 0 Å². The molecule has 0 atom stereocenters. The second-order valence-electron chi connectivity index (χ2n) is 1.09. The zero-order chi connectivity index (χ0) is 7.38. The van der Waals surface area contributed by atoms with Crippen molar-refractivity contribution in [3.05, 3.63) is 0 Å². The quantitative estimate of drug-likeness (QED) is 0.633. The van der Waals surface area contributed by atoms with E-state index in [-0.39, 0.29) is 0 Å². The molecule has 0 fully saturated rings. The van der Waals surface area contributed by atoms with Gasteiger partial charge in [0.15, 0.2) is 0 Å². The number of hydrogen-bond donors (Lipinski definition) is 1. The van der Waals surface area contributed by atoms with Crippen LogP contribution in [0.2, 0.25) is 0 Å². The second-order valence-corrected chi connectivity index (χ2v) is 60.1.